The number of hydrogen-bond acceptors (Lipinski definition) is 1. The predicted molar refractivity (Wildman–Crippen MR) is 113 cm³/mol. The van der Waals surface area contributed by atoms with Crippen molar-refractivity contribution in [2.75, 3.05) is 0 Å². The van der Waals surface area contributed by atoms with Crippen LogP contribution in [-0.4, -0.2) is 0 Å². The van der Waals surface area contributed by atoms with E-state index in [9.17, 15) is 39.5 Å². The molecule has 0 bridgehead atoms. The lowest BCUT2D eigenvalue weighted by molar-refractivity contribution is -0.189. The summed E-state index contributed by atoms with van der Waals surface area (Å²) in [6.07, 6.45) is -4.48. The Kier molecular flexibility index (Phi) is 6.46. The van der Waals surface area contributed by atoms with Crippen LogP contribution in [0.5, 0.6) is 5.75 Å². The van der Waals surface area contributed by atoms with Gasteiger partial charge in [0.15, 0.2) is 17.5 Å². The molecule has 4 aromatic carbocycles. The van der Waals surface area contributed by atoms with Crippen LogP contribution in [0.2, 0.25) is 0 Å². The first-order chi connectivity index (χ1) is 16.9. The zero-order valence-electron chi connectivity index (χ0n) is 18.1. The van der Waals surface area contributed by atoms with Crippen molar-refractivity contribution in [2.45, 2.75) is 13.0 Å². The fraction of sp³-hybridized carbons (Fsp3) is 0.0769. The number of benzene rings is 4. The number of ether oxygens (including phenoxy) is 1. The number of aryl methyl sites for hydroxylation is 1. The second kappa shape index (κ2) is 9.25. The Morgan fingerprint density at radius 2 is 1.06 bits per heavy atom. The molecular formula is C26H13F9O. The molecule has 186 valence electrons. The summed E-state index contributed by atoms with van der Waals surface area (Å²) in [5, 5.41) is 0. The highest BCUT2D eigenvalue weighted by atomic mass is 19.3. The molecule has 0 saturated carbocycles. The Labute approximate surface area is 198 Å². The van der Waals surface area contributed by atoms with E-state index in [1.54, 1.807) is 0 Å². The minimum absolute atomic E-state index is 0.0629. The van der Waals surface area contributed by atoms with Crippen LogP contribution in [-0.2, 0) is 6.11 Å². The summed E-state index contributed by atoms with van der Waals surface area (Å²) in [5.41, 5.74) is -2.54. The smallest absolute Gasteiger partial charge is 0.429 e. The highest BCUT2D eigenvalue weighted by Gasteiger charge is 2.41. The van der Waals surface area contributed by atoms with Crippen LogP contribution < -0.4 is 4.74 Å². The highest BCUT2D eigenvalue weighted by molar-refractivity contribution is 5.72. The van der Waals surface area contributed by atoms with E-state index in [0.29, 0.717) is 30.3 Å². The maximum atomic E-state index is 14.7. The Morgan fingerprint density at radius 1 is 0.556 bits per heavy atom. The monoisotopic (exact) mass is 512 g/mol. The molecule has 0 heterocycles. The summed E-state index contributed by atoms with van der Waals surface area (Å²) in [6, 6.07) is 7.98. The van der Waals surface area contributed by atoms with Crippen molar-refractivity contribution in [3.63, 3.8) is 0 Å². The molecule has 0 atom stereocenters. The first-order valence-electron chi connectivity index (χ1n) is 10.1. The Balaban J connectivity index is 1.63. The molecule has 0 unspecified atom stereocenters. The molecule has 1 nitrogen and oxygen atoms in total. The topological polar surface area (TPSA) is 9.23 Å². The molecule has 36 heavy (non-hydrogen) atoms. The normalized spacial score (nSPS) is 11.6. The van der Waals surface area contributed by atoms with Gasteiger partial charge < -0.3 is 4.74 Å². The first kappa shape index (κ1) is 25.2. The van der Waals surface area contributed by atoms with Crippen molar-refractivity contribution < 1.29 is 44.3 Å². The maximum Gasteiger partial charge on any atom is 0.432 e. The van der Waals surface area contributed by atoms with Gasteiger partial charge >= 0.3 is 6.11 Å². The molecule has 0 aromatic heterocycles. The largest absolute Gasteiger partial charge is 0.432 e. The lowest BCUT2D eigenvalue weighted by atomic mass is 9.99. The molecule has 0 aliphatic heterocycles. The van der Waals surface area contributed by atoms with Crippen molar-refractivity contribution in [3.8, 4) is 28.0 Å². The highest BCUT2D eigenvalue weighted by Crippen LogP contribution is 2.37. The third kappa shape index (κ3) is 4.75. The van der Waals surface area contributed by atoms with Gasteiger partial charge in [-0.3, -0.25) is 0 Å². The lowest BCUT2D eigenvalue weighted by Crippen LogP contribution is -2.25. The van der Waals surface area contributed by atoms with Crippen molar-refractivity contribution in [3.05, 3.63) is 113 Å². The average Bonchev–Trinajstić information content (AvgIpc) is 2.76. The Hall–Kier alpha value is -3.95. The van der Waals surface area contributed by atoms with Crippen LogP contribution in [0.4, 0.5) is 39.5 Å². The van der Waals surface area contributed by atoms with Gasteiger partial charge in [-0.05, 0) is 66.1 Å². The first-order valence-corrected chi connectivity index (χ1v) is 10.1. The van der Waals surface area contributed by atoms with Gasteiger partial charge in [-0.25, -0.2) is 30.7 Å². The zero-order chi connectivity index (χ0) is 26.4. The van der Waals surface area contributed by atoms with Crippen LogP contribution in [0.3, 0.4) is 0 Å². The maximum absolute atomic E-state index is 14.7. The molecule has 0 radical (unpaired) electrons. The zero-order valence-corrected chi connectivity index (χ0v) is 18.1. The third-order valence-electron chi connectivity index (χ3n) is 5.24. The molecular weight excluding hydrogens is 499 g/mol. The molecule has 10 heteroatoms. The van der Waals surface area contributed by atoms with E-state index in [0.717, 1.165) is 24.3 Å². The Bertz CT molecular complexity index is 1430. The minimum atomic E-state index is -4.48. The number of rotatable bonds is 5. The molecule has 0 aliphatic rings. The van der Waals surface area contributed by atoms with Crippen LogP contribution in [0.15, 0.2) is 60.7 Å². The van der Waals surface area contributed by atoms with Gasteiger partial charge in [0.2, 0.25) is 0 Å². The summed E-state index contributed by atoms with van der Waals surface area (Å²) in [5.74, 6) is -10.8. The molecule has 4 aromatic rings. The SMILES string of the molecule is Cc1cc(F)c(C(F)(F)Oc2ccc(-c3ccc(-c4cc(F)c(F)c(F)c4)c(F)c3)c(F)c2)c(F)c1. The summed E-state index contributed by atoms with van der Waals surface area (Å²) in [6.45, 7) is 1.30. The van der Waals surface area contributed by atoms with Gasteiger partial charge in [0.25, 0.3) is 0 Å². The van der Waals surface area contributed by atoms with Gasteiger partial charge in [0, 0.05) is 17.2 Å². The third-order valence-corrected chi connectivity index (χ3v) is 5.24. The van der Waals surface area contributed by atoms with Crippen LogP contribution in [0.1, 0.15) is 11.1 Å². The van der Waals surface area contributed by atoms with Crippen molar-refractivity contribution in [2.24, 2.45) is 0 Å². The van der Waals surface area contributed by atoms with E-state index in [2.05, 4.69) is 4.74 Å². The van der Waals surface area contributed by atoms with Crippen LogP contribution in [0, 0.1) is 47.6 Å². The van der Waals surface area contributed by atoms with E-state index in [4.69, 9.17) is 0 Å². The van der Waals surface area contributed by atoms with Crippen molar-refractivity contribution >= 4 is 0 Å². The molecule has 0 amide bonds. The fourth-order valence-corrected chi connectivity index (χ4v) is 3.60. The summed E-state index contributed by atoms with van der Waals surface area (Å²) < 4.78 is 131. The van der Waals surface area contributed by atoms with Gasteiger partial charge in [0.1, 0.15) is 34.6 Å². The van der Waals surface area contributed by atoms with Crippen LogP contribution >= 0.6 is 0 Å². The average molecular weight is 512 g/mol. The van der Waals surface area contributed by atoms with E-state index in [1.165, 1.54) is 13.0 Å². The summed E-state index contributed by atoms with van der Waals surface area (Å²) in [4.78, 5) is 0. The van der Waals surface area contributed by atoms with Gasteiger partial charge in [-0.2, -0.15) is 8.78 Å². The lowest BCUT2D eigenvalue weighted by Gasteiger charge is -2.20. The Morgan fingerprint density at radius 3 is 1.61 bits per heavy atom. The van der Waals surface area contributed by atoms with E-state index in [1.807, 2.05) is 0 Å². The molecule has 0 aliphatic carbocycles. The van der Waals surface area contributed by atoms with E-state index in [-0.39, 0.29) is 27.8 Å². The predicted octanol–water partition coefficient (Wildman–Crippen LogP) is 8.43. The molecule has 0 saturated heterocycles. The van der Waals surface area contributed by atoms with Gasteiger partial charge in [-0.1, -0.05) is 12.1 Å². The summed E-state index contributed by atoms with van der Waals surface area (Å²) in [7, 11) is 0. The molecule has 0 fully saturated rings. The summed E-state index contributed by atoms with van der Waals surface area (Å²) >= 11 is 0. The van der Waals surface area contributed by atoms with Gasteiger partial charge in [0.05, 0.1) is 0 Å². The van der Waals surface area contributed by atoms with E-state index < -0.39 is 58.1 Å². The number of hydrogen-bond donors (Lipinski definition) is 0. The van der Waals surface area contributed by atoms with E-state index >= 15 is 0 Å². The standard InChI is InChI=1S/C26H13F9O/c1-12-6-20(29)24(21(30)7-12)26(34,35)36-15-3-5-16(19(28)11-15)13-2-4-17(18(27)8-13)14-9-22(31)25(33)23(32)10-14/h2-11H,1H3. The van der Waals surface area contributed by atoms with Gasteiger partial charge in [-0.15, -0.1) is 0 Å². The molecule has 0 spiro atoms. The number of halogens is 9. The second-order valence-corrected chi connectivity index (χ2v) is 7.81. The van der Waals surface area contributed by atoms with Crippen LogP contribution in [0.25, 0.3) is 22.3 Å². The second-order valence-electron chi connectivity index (χ2n) is 7.81. The van der Waals surface area contributed by atoms with Crippen molar-refractivity contribution in [1.29, 1.82) is 0 Å². The molecule has 0 N–H and O–H groups in total. The molecule has 4 rings (SSSR count). The van der Waals surface area contributed by atoms with Crippen molar-refractivity contribution in [1.82, 2.24) is 0 Å². The minimum Gasteiger partial charge on any atom is -0.429 e. The number of alkyl halides is 2. The fourth-order valence-electron chi connectivity index (χ4n) is 3.60. The quantitative estimate of drug-likeness (QED) is 0.193.